The zero-order valence-corrected chi connectivity index (χ0v) is 9.62. The highest BCUT2D eigenvalue weighted by Crippen LogP contribution is 2.33. The Labute approximate surface area is 103 Å². The van der Waals surface area contributed by atoms with Crippen LogP contribution in [0.2, 0.25) is 5.02 Å². The van der Waals surface area contributed by atoms with Crippen molar-refractivity contribution >= 4 is 28.4 Å². The van der Waals surface area contributed by atoms with Crippen molar-refractivity contribution in [1.82, 2.24) is 0 Å². The average Bonchev–Trinajstić information content (AvgIpc) is 2.54. The second-order valence-corrected chi connectivity index (χ2v) is 4.08. The van der Waals surface area contributed by atoms with Gasteiger partial charge in [0.05, 0.1) is 0 Å². The van der Waals surface area contributed by atoms with Gasteiger partial charge in [-0.25, -0.2) is 4.39 Å². The van der Waals surface area contributed by atoms with Gasteiger partial charge in [-0.3, -0.25) is 4.79 Å². The molecule has 0 amide bonds. The molecule has 0 saturated heterocycles. The number of benzene rings is 1. The molecule has 2 rings (SSSR count). The summed E-state index contributed by atoms with van der Waals surface area (Å²) in [5.41, 5.74) is -0.502. The summed E-state index contributed by atoms with van der Waals surface area (Å²) >= 11 is 5.59. The summed E-state index contributed by atoms with van der Waals surface area (Å²) in [6, 6.07) is 2.14. The van der Waals surface area contributed by atoms with Crippen LogP contribution in [0.15, 0.2) is 16.5 Å². The molecule has 0 aliphatic rings. The molecular formula is C11H5ClF4O2. The average molecular weight is 281 g/mol. The minimum Gasteiger partial charge on any atom is -0.449 e. The van der Waals surface area contributed by atoms with E-state index < -0.39 is 29.1 Å². The van der Waals surface area contributed by atoms with Gasteiger partial charge >= 0.3 is 12.0 Å². The van der Waals surface area contributed by atoms with Gasteiger partial charge in [0.25, 0.3) is 0 Å². The SMILES string of the molecule is Cc1c(C(=O)C(F)(F)F)oc2c(F)cc(Cl)cc12. The Hall–Kier alpha value is -1.56. The molecule has 0 aliphatic carbocycles. The van der Waals surface area contributed by atoms with Gasteiger partial charge in [0.1, 0.15) is 0 Å². The second kappa shape index (κ2) is 3.98. The number of alkyl halides is 3. The molecule has 0 unspecified atom stereocenters. The van der Waals surface area contributed by atoms with Crippen LogP contribution in [0, 0.1) is 12.7 Å². The van der Waals surface area contributed by atoms with E-state index in [0.29, 0.717) is 0 Å². The predicted octanol–water partition coefficient (Wildman–Crippen LogP) is 4.28. The number of furan rings is 1. The number of fused-ring (bicyclic) bond motifs is 1. The van der Waals surface area contributed by atoms with Gasteiger partial charge in [0.2, 0.25) is 0 Å². The molecule has 0 bridgehead atoms. The van der Waals surface area contributed by atoms with Crippen molar-refractivity contribution in [1.29, 1.82) is 0 Å². The van der Waals surface area contributed by atoms with Crippen molar-refractivity contribution in [3.8, 4) is 0 Å². The van der Waals surface area contributed by atoms with Crippen LogP contribution >= 0.6 is 11.6 Å². The van der Waals surface area contributed by atoms with Crippen LogP contribution < -0.4 is 0 Å². The number of ketones is 1. The maximum Gasteiger partial charge on any atom is 0.458 e. The molecule has 1 aromatic heterocycles. The maximum absolute atomic E-state index is 13.4. The Bertz CT molecular complexity index is 643. The number of rotatable bonds is 1. The molecule has 7 heteroatoms. The maximum atomic E-state index is 13.4. The van der Waals surface area contributed by atoms with Crippen molar-refractivity contribution < 1.29 is 26.8 Å². The molecule has 0 atom stereocenters. The molecule has 0 saturated carbocycles. The third-order valence-corrected chi connectivity index (χ3v) is 2.64. The van der Waals surface area contributed by atoms with Crippen molar-refractivity contribution in [3.63, 3.8) is 0 Å². The highest BCUT2D eigenvalue weighted by molar-refractivity contribution is 6.31. The number of carbonyl (C=O) groups excluding carboxylic acids is 1. The van der Waals surface area contributed by atoms with Gasteiger partial charge in [-0.1, -0.05) is 11.6 Å². The van der Waals surface area contributed by atoms with E-state index in [9.17, 15) is 22.4 Å². The first-order valence-electron chi connectivity index (χ1n) is 4.71. The standard InChI is InChI=1S/C11H5ClF4O2/c1-4-6-2-5(12)3-7(13)9(6)18-8(4)10(17)11(14,15)16/h2-3H,1H3. The van der Waals surface area contributed by atoms with E-state index in [1.165, 1.54) is 13.0 Å². The fourth-order valence-corrected chi connectivity index (χ4v) is 1.79. The molecule has 96 valence electrons. The van der Waals surface area contributed by atoms with Crippen molar-refractivity contribution in [2.75, 3.05) is 0 Å². The number of hydrogen-bond donors (Lipinski definition) is 0. The second-order valence-electron chi connectivity index (χ2n) is 3.65. The quantitative estimate of drug-likeness (QED) is 0.576. The van der Waals surface area contributed by atoms with E-state index in [-0.39, 0.29) is 16.0 Å². The summed E-state index contributed by atoms with van der Waals surface area (Å²) in [6.45, 7) is 1.24. The predicted molar refractivity (Wildman–Crippen MR) is 56.3 cm³/mol. The highest BCUT2D eigenvalue weighted by atomic mass is 35.5. The Morgan fingerprint density at radius 3 is 2.50 bits per heavy atom. The number of aryl methyl sites for hydroxylation is 1. The zero-order valence-electron chi connectivity index (χ0n) is 8.86. The Morgan fingerprint density at radius 1 is 1.33 bits per heavy atom. The molecule has 2 nitrogen and oxygen atoms in total. The topological polar surface area (TPSA) is 30.2 Å². The fourth-order valence-electron chi connectivity index (χ4n) is 1.59. The molecular weight excluding hydrogens is 276 g/mol. The number of Topliss-reactive ketones (excluding diaryl/α,β-unsaturated/α-hetero) is 1. The van der Waals surface area contributed by atoms with Gasteiger partial charge in [-0.05, 0) is 19.1 Å². The fraction of sp³-hybridized carbons (Fsp3) is 0.182. The molecule has 0 spiro atoms. The van der Waals surface area contributed by atoms with Crippen LogP contribution in [-0.2, 0) is 0 Å². The molecule has 1 heterocycles. The van der Waals surface area contributed by atoms with E-state index >= 15 is 0 Å². The normalized spacial score (nSPS) is 12.1. The van der Waals surface area contributed by atoms with Gasteiger partial charge in [0, 0.05) is 16.0 Å². The lowest BCUT2D eigenvalue weighted by molar-refractivity contribution is -0.0899. The van der Waals surface area contributed by atoms with Crippen LogP contribution in [0.25, 0.3) is 11.0 Å². The molecule has 1 aromatic carbocycles. The Balaban J connectivity index is 2.72. The number of carbonyl (C=O) groups is 1. The van der Waals surface area contributed by atoms with Gasteiger partial charge in [-0.15, -0.1) is 0 Å². The van der Waals surface area contributed by atoms with Crippen LogP contribution in [0.1, 0.15) is 16.1 Å². The number of halogens is 5. The number of hydrogen-bond acceptors (Lipinski definition) is 2. The molecule has 0 N–H and O–H groups in total. The lowest BCUT2D eigenvalue weighted by Crippen LogP contribution is -2.22. The molecule has 0 fully saturated rings. The first kappa shape index (κ1) is 12.9. The van der Waals surface area contributed by atoms with Crippen LogP contribution in [0.3, 0.4) is 0 Å². The summed E-state index contributed by atoms with van der Waals surface area (Å²) in [5.74, 6) is -3.98. The van der Waals surface area contributed by atoms with E-state index in [2.05, 4.69) is 4.42 Å². The van der Waals surface area contributed by atoms with E-state index in [0.717, 1.165) is 6.07 Å². The van der Waals surface area contributed by atoms with Gasteiger partial charge in [0.15, 0.2) is 17.2 Å². The smallest absolute Gasteiger partial charge is 0.449 e. The van der Waals surface area contributed by atoms with E-state index in [1.807, 2.05) is 0 Å². The third kappa shape index (κ3) is 1.96. The van der Waals surface area contributed by atoms with Gasteiger partial charge in [-0.2, -0.15) is 13.2 Å². The summed E-state index contributed by atoms with van der Waals surface area (Å²) in [6.07, 6.45) is -5.07. The van der Waals surface area contributed by atoms with Crippen LogP contribution in [0.5, 0.6) is 0 Å². The van der Waals surface area contributed by atoms with Crippen LogP contribution in [-0.4, -0.2) is 12.0 Å². The summed E-state index contributed by atoms with van der Waals surface area (Å²) in [5, 5.41) is 0.0579. The first-order valence-corrected chi connectivity index (χ1v) is 5.09. The van der Waals surface area contributed by atoms with Crippen LogP contribution in [0.4, 0.5) is 17.6 Å². The third-order valence-electron chi connectivity index (χ3n) is 2.42. The van der Waals surface area contributed by atoms with Crippen molar-refractivity contribution in [2.45, 2.75) is 13.1 Å². The molecule has 0 aliphatic heterocycles. The monoisotopic (exact) mass is 280 g/mol. The van der Waals surface area contributed by atoms with E-state index in [4.69, 9.17) is 11.6 Å². The minimum absolute atomic E-state index is 0.00917. The summed E-state index contributed by atoms with van der Waals surface area (Å²) < 4.78 is 55.0. The first-order chi connectivity index (χ1) is 8.21. The molecule has 18 heavy (non-hydrogen) atoms. The molecule has 2 aromatic rings. The Kier molecular flexibility index (Phi) is 2.85. The highest BCUT2D eigenvalue weighted by Gasteiger charge is 2.42. The van der Waals surface area contributed by atoms with Gasteiger partial charge < -0.3 is 4.42 Å². The summed E-state index contributed by atoms with van der Waals surface area (Å²) in [7, 11) is 0. The van der Waals surface area contributed by atoms with Crippen molar-refractivity contribution in [3.05, 3.63) is 34.3 Å². The van der Waals surface area contributed by atoms with E-state index in [1.54, 1.807) is 0 Å². The van der Waals surface area contributed by atoms with Crippen molar-refractivity contribution in [2.24, 2.45) is 0 Å². The zero-order chi connectivity index (χ0) is 13.7. The summed E-state index contributed by atoms with van der Waals surface area (Å²) in [4.78, 5) is 11.1. The largest absolute Gasteiger partial charge is 0.458 e. The molecule has 0 radical (unpaired) electrons. The Morgan fingerprint density at radius 2 is 1.94 bits per heavy atom. The minimum atomic E-state index is -5.07. The lowest BCUT2D eigenvalue weighted by Gasteiger charge is -2.02. The lowest BCUT2D eigenvalue weighted by atomic mass is 10.1.